The van der Waals surface area contributed by atoms with Gasteiger partial charge in [-0.25, -0.2) is 4.98 Å². The third-order valence-corrected chi connectivity index (χ3v) is 6.60. The average molecular weight is 350 g/mol. The van der Waals surface area contributed by atoms with Gasteiger partial charge in [0.25, 0.3) is 0 Å². The van der Waals surface area contributed by atoms with Crippen LogP contribution in [0.25, 0.3) is 0 Å². The summed E-state index contributed by atoms with van der Waals surface area (Å²) in [6.07, 6.45) is 7.18. The van der Waals surface area contributed by atoms with Gasteiger partial charge in [-0.05, 0) is 67.7 Å². The molecule has 4 heteroatoms. The molecular weight excluding hydrogens is 328 g/mol. The van der Waals surface area contributed by atoms with E-state index in [-0.39, 0.29) is 0 Å². The van der Waals surface area contributed by atoms with Gasteiger partial charge < -0.3 is 5.11 Å². The molecule has 1 N–H and O–H groups in total. The average Bonchev–Trinajstić information content (AvgIpc) is 2.66. The summed E-state index contributed by atoms with van der Waals surface area (Å²) in [5, 5.41) is 21.5. The molecule has 0 fully saturated rings. The van der Waals surface area contributed by atoms with Crippen molar-refractivity contribution in [1.82, 2.24) is 4.98 Å². The van der Waals surface area contributed by atoms with Gasteiger partial charge in [0.05, 0.1) is 11.2 Å². The molecule has 1 aromatic heterocycles. The summed E-state index contributed by atoms with van der Waals surface area (Å²) >= 11 is 1.53. The highest BCUT2D eigenvalue weighted by molar-refractivity contribution is 7.99. The standard InChI is InChI=1S/C21H22N2OS/c22-13-17-12-16-7-2-4-10-19(16)23-20(17)25-14-21(24)11-5-8-15-6-1-3-9-18(15)21/h1,3,6,9,12,24H,2,4-5,7-8,10-11,14H2/t21-/m0/s1. The second kappa shape index (κ2) is 6.82. The van der Waals surface area contributed by atoms with Crippen LogP contribution in [0, 0.1) is 11.3 Å². The number of nitriles is 1. The molecule has 0 saturated carbocycles. The molecule has 2 aliphatic carbocycles. The number of hydrogen-bond acceptors (Lipinski definition) is 4. The van der Waals surface area contributed by atoms with E-state index < -0.39 is 5.60 Å². The molecule has 25 heavy (non-hydrogen) atoms. The van der Waals surface area contributed by atoms with Crippen molar-refractivity contribution < 1.29 is 5.11 Å². The van der Waals surface area contributed by atoms with E-state index in [2.05, 4.69) is 12.1 Å². The Morgan fingerprint density at radius 3 is 2.80 bits per heavy atom. The largest absolute Gasteiger partial charge is 0.384 e. The number of nitrogens with zero attached hydrogens (tertiary/aromatic N) is 2. The van der Waals surface area contributed by atoms with Crippen molar-refractivity contribution in [3.05, 3.63) is 58.3 Å². The Morgan fingerprint density at radius 2 is 1.92 bits per heavy atom. The molecule has 4 rings (SSSR count). The molecule has 0 amide bonds. The van der Waals surface area contributed by atoms with E-state index in [0.717, 1.165) is 48.4 Å². The monoisotopic (exact) mass is 350 g/mol. The fourth-order valence-corrected chi connectivity index (χ4v) is 5.15. The molecule has 0 saturated heterocycles. The SMILES string of the molecule is N#Cc1cc2c(nc1SC[C@@]1(O)CCCc3ccccc31)CCCC2. The van der Waals surface area contributed by atoms with Crippen LogP contribution in [0.2, 0.25) is 0 Å². The molecule has 0 unspecified atom stereocenters. The highest BCUT2D eigenvalue weighted by atomic mass is 32.2. The summed E-state index contributed by atoms with van der Waals surface area (Å²) in [6.45, 7) is 0. The third-order valence-electron chi connectivity index (χ3n) is 5.39. The summed E-state index contributed by atoms with van der Waals surface area (Å²) in [6, 6.07) is 12.5. The van der Waals surface area contributed by atoms with Gasteiger partial charge in [0.1, 0.15) is 11.1 Å². The van der Waals surface area contributed by atoms with E-state index >= 15 is 0 Å². The zero-order valence-electron chi connectivity index (χ0n) is 14.3. The summed E-state index contributed by atoms with van der Waals surface area (Å²) in [5.74, 6) is 0.546. The number of pyridine rings is 1. The Morgan fingerprint density at radius 1 is 1.12 bits per heavy atom. The van der Waals surface area contributed by atoms with Gasteiger partial charge in [-0.1, -0.05) is 24.3 Å². The van der Waals surface area contributed by atoms with Crippen LogP contribution in [0.4, 0.5) is 0 Å². The van der Waals surface area contributed by atoms with Gasteiger partial charge in [0.15, 0.2) is 0 Å². The smallest absolute Gasteiger partial charge is 0.114 e. The number of thioether (sulfide) groups is 1. The van der Waals surface area contributed by atoms with Gasteiger partial charge >= 0.3 is 0 Å². The Kier molecular flexibility index (Phi) is 4.54. The Bertz CT molecular complexity index is 842. The maximum atomic E-state index is 11.3. The zero-order valence-corrected chi connectivity index (χ0v) is 15.1. The molecule has 0 bridgehead atoms. The minimum Gasteiger partial charge on any atom is -0.384 e. The van der Waals surface area contributed by atoms with Gasteiger partial charge in [0, 0.05) is 11.4 Å². The number of benzene rings is 1. The first kappa shape index (κ1) is 16.6. The van der Waals surface area contributed by atoms with E-state index in [9.17, 15) is 10.4 Å². The van der Waals surface area contributed by atoms with Crippen LogP contribution < -0.4 is 0 Å². The molecule has 3 nitrogen and oxygen atoms in total. The van der Waals surface area contributed by atoms with Crippen LogP contribution in [-0.4, -0.2) is 15.8 Å². The maximum absolute atomic E-state index is 11.3. The predicted octanol–water partition coefficient (Wildman–Crippen LogP) is 4.15. The Balaban J connectivity index is 1.61. The fraction of sp³-hybridized carbons (Fsp3) is 0.429. The molecule has 0 radical (unpaired) electrons. The lowest BCUT2D eigenvalue weighted by Crippen LogP contribution is -2.33. The van der Waals surface area contributed by atoms with Crippen molar-refractivity contribution in [1.29, 1.82) is 5.26 Å². The van der Waals surface area contributed by atoms with Gasteiger partial charge in [0.2, 0.25) is 0 Å². The molecule has 1 aromatic carbocycles. The summed E-state index contributed by atoms with van der Waals surface area (Å²) in [7, 11) is 0. The first-order valence-electron chi connectivity index (χ1n) is 9.06. The Labute approximate surface area is 153 Å². The Hall–Kier alpha value is -1.83. The minimum atomic E-state index is -0.830. The molecule has 1 heterocycles. The van der Waals surface area contributed by atoms with Crippen LogP contribution in [0.15, 0.2) is 35.4 Å². The second-order valence-electron chi connectivity index (χ2n) is 7.10. The topological polar surface area (TPSA) is 56.9 Å². The predicted molar refractivity (Wildman–Crippen MR) is 99.6 cm³/mol. The lowest BCUT2D eigenvalue weighted by Gasteiger charge is -2.34. The number of aromatic nitrogens is 1. The summed E-state index contributed by atoms with van der Waals surface area (Å²) in [4.78, 5) is 4.78. The van der Waals surface area contributed by atoms with E-state index in [4.69, 9.17) is 4.98 Å². The van der Waals surface area contributed by atoms with Crippen molar-refractivity contribution in [2.24, 2.45) is 0 Å². The molecule has 0 aliphatic heterocycles. The van der Waals surface area contributed by atoms with Gasteiger partial charge in [-0.2, -0.15) is 5.26 Å². The van der Waals surface area contributed by atoms with Crippen LogP contribution in [-0.2, 0) is 24.9 Å². The normalized spacial score (nSPS) is 21.9. The van der Waals surface area contributed by atoms with Crippen LogP contribution in [0.3, 0.4) is 0 Å². The quantitative estimate of drug-likeness (QED) is 0.845. The van der Waals surface area contributed by atoms with E-state index in [1.807, 2.05) is 24.3 Å². The zero-order chi connectivity index (χ0) is 17.3. The minimum absolute atomic E-state index is 0.546. The first-order valence-corrected chi connectivity index (χ1v) is 10.0. The van der Waals surface area contributed by atoms with Gasteiger partial charge in [-0.15, -0.1) is 11.8 Å². The number of aryl methyl sites for hydroxylation is 3. The fourth-order valence-electron chi connectivity index (χ4n) is 4.04. The molecule has 2 aliphatic rings. The molecular formula is C21H22N2OS. The lowest BCUT2D eigenvalue weighted by atomic mass is 9.80. The van der Waals surface area contributed by atoms with E-state index in [1.165, 1.54) is 35.7 Å². The first-order chi connectivity index (χ1) is 12.2. The van der Waals surface area contributed by atoms with Crippen LogP contribution >= 0.6 is 11.8 Å². The number of hydrogen-bond donors (Lipinski definition) is 1. The second-order valence-corrected chi connectivity index (χ2v) is 8.06. The maximum Gasteiger partial charge on any atom is 0.114 e. The lowest BCUT2D eigenvalue weighted by molar-refractivity contribution is 0.0438. The van der Waals surface area contributed by atoms with Crippen LogP contribution in [0.5, 0.6) is 0 Å². The molecule has 0 spiro atoms. The summed E-state index contributed by atoms with van der Waals surface area (Å²) in [5.41, 5.74) is 4.49. The summed E-state index contributed by atoms with van der Waals surface area (Å²) < 4.78 is 0. The van der Waals surface area contributed by atoms with Crippen LogP contribution in [0.1, 0.15) is 53.6 Å². The highest BCUT2D eigenvalue weighted by Crippen LogP contribution is 2.39. The van der Waals surface area contributed by atoms with E-state index in [0.29, 0.717) is 11.3 Å². The van der Waals surface area contributed by atoms with Crippen molar-refractivity contribution >= 4 is 11.8 Å². The van der Waals surface area contributed by atoms with E-state index in [1.54, 1.807) is 0 Å². The number of aliphatic hydroxyl groups is 1. The molecule has 2 aromatic rings. The van der Waals surface area contributed by atoms with Gasteiger partial charge in [-0.3, -0.25) is 0 Å². The molecule has 128 valence electrons. The number of rotatable bonds is 3. The van der Waals surface area contributed by atoms with Crippen molar-refractivity contribution in [2.75, 3.05) is 5.75 Å². The third kappa shape index (κ3) is 3.19. The van der Waals surface area contributed by atoms with Crippen molar-refractivity contribution in [3.8, 4) is 6.07 Å². The highest BCUT2D eigenvalue weighted by Gasteiger charge is 2.34. The van der Waals surface area contributed by atoms with Crippen molar-refractivity contribution in [3.63, 3.8) is 0 Å². The molecule has 1 atom stereocenters. The number of fused-ring (bicyclic) bond motifs is 2. The van der Waals surface area contributed by atoms with Crippen molar-refractivity contribution in [2.45, 2.75) is 55.6 Å².